The molecule has 34 heavy (non-hydrogen) atoms. The third-order valence-electron chi connectivity index (χ3n) is 7.70. The smallest absolute Gasteiger partial charge is 0.257 e. The lowest BCUT2D eigenvalue weighted by Crippen LogP contribution is -2.62. The van der Waals surface area contributed by atoms with Crippen LogP contribution in [0.3, 0.4) is 0 Å². The molecule has 2 fully saturated rings. The summed E-state index contributed by atoms with van der Waals surface area (Å²) in [5, 5.41) is 2.99. The van der Waals surface area contributed by atoms with Crippen LogP contribution in [-0.2, 0) is 14.4 Å². The van der Waals surface area contributed by atoms with Crippen LogP contribution in [0.15, 0.2) is 24.3 Å². The standard InChI is InChI=1S/C26H36N4O4/c1-4-5-15-27-24(33)19-11-10-18(2)28(17-19)22(31)13-16-29-25(34)20-8-6-7-9-21(20)30-23(32)12-14-26(29,30)3/h6-9,18-19H,4-5,10-17H2,1-3H3,(H,27,33). The number of unbranched alkanes of at least 4 members (excludes halogenated alkanes) is 1. The molecule has 4 rings (SSSR count). The van der Waals surface area contributed by atoms with E-state index in [4.69, 9.17) is 0 Å². The van der Waals surface area contributed by atoms with Gasteiger partial charge in [0.25, 0.3) is 5.91 Å². The number of carbonyl (C=O) groups is 4. The molecule has 4 amide bonds. The minimum atomic E-state index is -0.766. The van der Waals surface area contributed by atoms with Gasteiger partial charge in [0.2, 0.25) is 17.7 Å². The van der Waals surface area contributed by atoms with Crippen molar-refractivity contribution >= 4 is 29.3 Å². The largest absolute Gasteiger partial charge is 0.356 e. The Balaban J connectivity index is 1.45. The molecule has 3 aliphatic heterocycles. The maximum absolute atomic E-state index is 13.4. The Labute approximate surface area is 201 Å². The Morgan fingerprint density at radius 1 is 1.18 bits per heavy atom. The van der Waals surface area contributed by atoms with Crippen molar-refractivity contribution in [2.45, 2.75) is 77.4 Å². The highest BCUT2D eigenvalue weighted by Crippen LogP contribution is 2.44. The zero-order chi connectivity index (χ0) is 24.5. The molecule has 0 bridgehead atoms. The Hall–Kier alpha value is -2.90. The fourth-order valence-electron chi connectivity index (χ4n) is 5.59. The SMILES string of the molecule is CCCCNC(=O)C1CCC(C)N(C(=O)CCN2C(=O)c3ccccc3N3C(=O)CCC23C)C1. The van der Waals surface area contributed by atoms with Gasteiger partial charge in [-0.15, -0.1) is 0 Å². The molecule has 184 valence electrons. The summed E-state index contributed by atoms with van der Waals surface area (Å²) in [6.07, 6.45) is 4.62. The second-order valence-electron chi connectivity index (χ2n) is 9.98. The first-order valence-corrected chi connectivity index (χ1v) is 12.6. The van der Waals surface area contributed by atoms with Crippen molar-refractivity contribution < 1.29 is 19.2 Å². The molecule has 1 aromatic rings. The number of rotatable bonds is 7. The number of nitrogens with zero attached hydrogens (tertiary/aromatic N) is 3. The van der Waals surface area contributed by atoms with Crippen molar-refractivity contribution in [1.82, 2.24) is 15.1 Å². The van der Waals surface area contributed by atoms with E-state index in [1.54, 1.807) is 26.8 Å². The summed E-state index contributed by atoms with van der Waals surface area (Å²) in [4.78, 5) is 57.2. The van der Waals surface area contributed by atoms with Crippen molar-refractivity contribution in [3.8, 4) is 0 Å². The first kappa shape index (κ1) is 24.2. The van der Waals surface area contributed by atoms with E-state index in [0.717, 1.165) is 25.7 Å². The molecule has 1 N–H and O–H groups in total. The minimum absolute atomic E-state index is 0.000330. The predicted octanol–water partition coefficient (Wildman–Crippen LogP) is 2.92. The molecule has 1 aromatic carbocycles. The Bertz CT molecular complexity index is 979. The predicted molar refractivity (Wildman–Crippen MR) is 129 cm³/mol. The number of likely N-dealkylation sites (tertiary alicyclic amines) is 1. The van der Waals surface area contributed by atoms with Gasteiger partial charge in [0.15, 0.2) is 0 Å². The number of amides is 4. The van der Waals surface area contributed by atoms with Crippen molar-refractivity contribution in [2.75, 3.05) is 24.5 Å². The van der Waals surface area contributed by atoms with Gasteiger partial charge < -0.3 is 15.1 Å². The molecule has 3 aliphatic rings. The summed E-state index contributed by atoms with van der Waals surface area (Å²) in [5.41, 5.74) is 0.386. The van der Waals surface area contributed by atoms with E-state index >= 15 is 0 Å². The van der Waals surface area contributed by atoms with E-state index in [2.05, 4.69) is 12.2 Å². The zero-order valence-electron chi connectivity index (χ0n) is 20.5. The van der Waals surface area contributed by atoms with Crippen LogP contribution in [0, 0.1) is 5.92 Å². The molecule has 3 atom stereocenters. The number of carbonyl (C=O) groups excluding carboxylic acids is 4. The topological polar surface area (TPSA) is 90.0 Å². The van der Waals surface area contributed by atoms with Crippen molar-refractivity contribution in [3.05, 3.63) is 29.8 Å². The molecule has 2 saturated heterocycles. The van der Waals surface area contributed by atoms with Gasteiger partial charge in [-0.3, -0.25) is 24.1 Å². The van der Waals surface area contributed by atoms with Gasteiger partial charge in [0, 0.05) is 38.5 Å². The summed E-state index contributed by atoms with van der Waals surface area (Å²) in [5.74, 6) is -0.365. The lowest BCUT2D eigenvalue weighted by atomic mass is 9.92. The van der Waals surface area contributed by atoms with Gasteiger partial charge in [-0.1, -0.05) is 25.5 Å². The number of hydrogen-bond acceptors (Lipinski definition) is 4. The highest BCUT2D eigenvalue weighted by atomic mass is 16.2. The van der Waals surface area contributed by atoms with Crippen LogP contribution in [0.2, 0.25) is 0 Å². The van der Waals surface area contributed by atoms with Crippen molar-refractivity contribution in [2.24, 2.45) is 5.92 Å². The second-order valence-corrected chi connectivity index (χ2v) is 9.98. The monoisotopic (exact) mass is 468 g/mol. The fraction of sp³-hybridized carbons (Fsp3) is 0.615. The molecule has 0 saturated carbocycles. The summed E-state index contributed by atoms with van der Waals surface area (Å²) < 4.78 is 0. The van der Waals surface area contributed by atoms with Crippen LogP contribution in [0.25, 0.3) is 0 Å². The Morgan fingerprint density at radius 3 is 2.71 bits per heavy atom. The van der Waals surface area contributed by atoms with Crippen LogP contribution in [-0.4, -0.2) is 64.8 Å². The highest BCUT2D eigenvalue weighted by molar-refractivity contribution is 6.10. The number of benzene rings is 1. The summed E-state index contributed by atoms with van der Waals surface area (Å²) in [6, 6.07) is 7.25. The normalized spacial score (nSPS) is 26.4. The summed E-state index contributed by atoms with van der Waals surface area (Å²) >= 11 is 0. The minimum Gasteiger partial charge on any atom is -0.356 e. The van der Waals surface area contributed by atoms with E-state index in [1.165, 1.54) is 0 Å². The fourth-order valence-corrected chi connectivity index (χ4v) is 5.59. The molecule has 0 spiro atoms. The molecule has 0 aliphatic carbocycles. The van der Waals surface area contributed by atoms with E-state index in [9.17, 15) is 19.2 Å². The molecule has 0 aromatic heterocycles. The first-order chi connectivity index (χ1) is 16.3. The van der Waals surface area contributed by atoms with Gasteiger partial charge in [0.1, 0.15) is 5.66 Å². The molecule has 3 heterocycles. The lowest BCUT2D eigenvalue weighted by molar-refractivity contribution is -0.138. The third-order valence-corrected chi connectivity index (χ3v) is 7.70. The number of nitrogens with one attached hydrogen (secondary N) is 1. The first-order valence-electron chi connectivity index (χ1n) is 12.6. The van der Waals surface area contributed by atoms with Crippen LogP contribution in [0.5, 0.6) is 0 Å². The van der Waals surface area contributed by atoms with Crippen LogP contribution >= 0.6 is 0 Å². The molecular formula is C26H36N4O4. The van der Waals surface area contributed by atoms with Crippen molar-refractivity contribution in [3.63, 3.8) is 0 Å². The third kappa shape index (κ3) is 4.30. The molecular weight excluding hydrogens is 432 g/mol. The van der Waals surface area contributed by atoms with Crippen LogP contribution in [0.4, 0.5) is 5.69 Å². The molecule has 3 unspecified atom stereocenters. The number of para-hydroxylation sites is 1. The van der Waals surface area contributed by atoms with Crippen LogP contribution < -0.4 is 10.2 Å². The second kappa shape index (κ2) is 9.76. The molecule has 8 heteroatoms. The number of fused-ring (bicyclic) bond motifs is 3. The van der Waals surface area contributed by atoms with E-state index in [1.807, 2.05) is 26.0 Å². The number of piperidine rings is 1. The highest BCUT2D eigenvalue weighted by Gasteiger charge is 2.53. The van der Waals surface area contributed by atoms with Gasteiger partial charge in [-0.25, -0.2) is 0 Å². The number of anilines is 1. The average molecular weight is 469 g/mol. The summed E-state index contributed by atoms with van der Waals surface area (Å²) in [7, 11) is 0. The van der Waals surface area contributed by atoms with E-state index in [0.29, 0.717) is 37.2 Å². The maximum atomic E-state index is 13.4. The van der Waals surface area contributed by atoms with Gasteiger partial charge in [-0.05, 0) is 51.7 Å². The average Bonchev–Trinajstić information content (AvgIpc) is 3.14. The van der Waals surface area contributed by atoms with Gasteiger partial charge >= 0.3 is 0 Å². The summed E-state index contributed by atoms with van der Waals surface area (Å²) in [6.45, 7) is 7.34. The molecule has 8 nitrogen and oxygen atoms in total. The quantitative estimate of drug-likeness (QED) is 0.623. The lowest BCUT2D eigenvalue weighted by Gasteiger charge is -2.49. The van der Waals surface area contributed by atoms with Crippen LogP contribution in [0.1, 0.15) is 76.1 Å². The van der Waals surface area contributed by atoms with E-state index in [-0.39, 0.29) is 48.6 Å². The maximum Gasteiger partial charge on any atom is 0.257 e. The Kier molecular flexibility index (Phi) is 6.96. The van der Waals surface area contributed by atoms with Crippen molar-refractivity contribution in [1.29, 1.82) is 0 Å². The Morgan fingerprint density at radius 2 is 1.94 bits per heavy atom. The van der Waals surface area contributed by atoms with Gasteiger partial charge in [-0.2, -0.15) is 0 Å². The number of hydrogen-bond donors (Lipinski definition) is 1. The zero-order valence-corrected chi connectivity index (χ0v) is 20.5. The van der Waals surface area contributed by atoms with E-state index < -0.39 is 5.66 Å². The molecule has 0 radical (unpaired) electrons. The van der Waals surface area contributed by atoms with Gasteiger partial charge in [0.05, 0.1) is 17.2 Å².